The second-order valence-electron chi connectivity index (χ2n) is 13.1. The molecule has 0 spiro atoms. The Bertz CT molecular complexity index is 2030. The lowest BCUT2D eigenvalue weighted by atomic mass is 10.1. The Morgan fingerprint density at radius 3 is 2.41 bits per heavy atom. The minimum absolute atomic E-state index is 0.395. The van der Waals surface area contributed by atoms with Gasteiger partial charge in [-0.15, -0.1) is 0 Å². The molecule has 2 N–H and O–H groups in total. The summed E-state index contributed by atoms with van der Waals surface area (Å²) >= 11 is 3.49. The van der Waals surface area contributed by atoms with E-state index >= 15 is 0 Å². The molecule has 1 fully saturated rings. The maximum absolute atomic E-state index is 12.5. The number of hydrogen-bond donors (Lipinski definition) is 2. The van der Waals surface area contributed by atoms with Gasteiger partial charge in [-0.3, -0.25) is 5.32 Å². The lowest BCUT2D eigenvalue weighted by Gasteiger charge is -2.29. The minimum Gasteiger partial charge on any atom is -0.497 e. The van der Waals surface area contributed by atoms with Crippen molar-refractivity contribution >= 4 is 52.4 Å². The van der Waals surface area contributed by atoms with E-state index in [0.717, 1.165) is 72.3 Å². The summed E-state index contributed by atoms with van der Waals surface area (Å²) in [4.78, 5) is 24.5. The monoisotopic (exact) mass is 720 g/mol. The van der Waals surface area contributed by atoms with E-state index < -0.39 is 11.7 Å². The van der Waals surface area contributed by atoms with Crippen molar-refractivity contribution in [2.24, 2.45) is 0 Å². The van der Waals surface area contributed by atoms with E-state index in [-0.39, 0.29) is 0 Å². The number of carbonyl (C=O) groups is 1. The van der Waals surface area contributed by atoms with Crippen molar-refractivity contribution in [3.8, 4) is 22.9 Å². The quantitative estimate of drug-likeness (QED) is 0.150. The van der Waals surface area contributed by atoms with Crippen LogP contribution < -0.4 is 25.0 Å². The SMILES string of the molecule is COc1ccc(COc2cc(N3CCOCC3)cc(-c3cccc4c3Sc3ccc(Nc5ccccc5NC(=O)OC(C)(C)C)cc3S4)n2)cc1. The molecule has 1 amide bonds. The van der Waals surface area contributed by atoms with E-state index in [1.54, 1.807) is 30.6 Å². The van der Waals surface area contributed by atoms with Gasteiger partial charge in [0.2, 0.25) is 5.88 Å². The summed E-state index contributed by atoms with van der Waals surface area (Å²) < 4.78 is 22.7. The van der Waals surface area contributed by atoms with E-state index in [1.807, 2.05) is 75.4 Å². The maximum atomic E-state index is 12.5. The summed E-state index contributed by atoms with van der Waals surface area (Å²) in [5.41, 5.74) is 5.76. The fourth-order valence-electron chi connectivity index (χ4n) is 5.74. The number of carbonyl (C=O) groups excluding carboxylic acids is 1. The molecular formula is C40H40N4O5S2. The first-order valence-electron chi connectivity index (χ1n) is 16.8. The van der Waals surface area contributed by atoms with Gasteiger partial charge in [-0.1, -0.05) is 59.9 Å². The third-order valence-corrected chi connectivity index (χ3v) is 10.8. The average Bonchev–Trinajstić information content (AvgIpc) is 3.13. The highest BCUT2D eigenvalue weighted by Crippen LogP contribution is 2.52. The molecule has 4 aromatic carbocycles. The van der Waals surface area contributed by atoms with Crippen LogP contribution in [0.4, 0.5) is 27.5 Å². The zero-order chi connectivity index (χ0) is 35.4. The Morgan fingerprint density at radius 2 is 1.65 bits per heavy atom. The number of methoxy groups -OCH3 is 1. The molecular weight excluding hydrogens is 681 g/mol. The van der Waals surface area contributed by atoms with E-state index in [1.165, 1.54) is 0 Å². The number of rotatable bonds is 9. The Labute approximate surface area is 307 Å². The molecule has 2 aliphatic rings. The molecule has 262 valence electrons. The van der Waals surface area contributed by atoms with Gasteiger partial charge in [-0.25, -0.2) is 9.78 Å². The standard InChI is InChI=1S/C40H40N4O5S2/c1-40(2,3)49-39(45)43-32-10-6-5-9-31(32)41-27-14-17-34-36(22-27)50-35-11-7-8-30(38(35)51-34)33-23-28(44-18-20-47-21-19-44)24-37(42-33)48-25-26-12-15-29(46-4)16-13-26/h5-17,22-24,41H,18-21,25H2,1-4H3,(H,43,45). The molecule has 0 radical (unpaired) electrons. The number of amides is 1. The summed E-state index contributed by atoms with van der Waals surface area (Å²) in [6, 6.07) is 32.4. The highest BCUT2D eigenvalue weighted by atomic mass is 32.2. The van der Waals surface area contributed by atoms with Crippen LogP contribution in [0.25, 0.3) is 11.3 Å². The minimum atomic E-state index is -0.592. The zero-order valence-corrected chi connectivity index (χ0v) is 30.7. The van der Waals surface area contributed by atoms with Gasteiger partial charge in [-0.2, -0.15) is 0 Å². The fraction of sp³-hybridized carbons (Fsp3) is 0.250. The van der Waals surface area contributed by atoms with Crippen LogP contribution in [0.15, 0.2) is 117 Å². The molecule has 9 nitrogen and oxygen atoms in total. The number of nitrogens with zero attached hydrogens (tertiary/aromatic N) is 2. The molecule has 3 heterocycles. The molecule has 0 saturated carbocycles. The van der Waals surface area contributed by atoms with Gasteiger partial charge < -0.3 is 29.2 Å². The van der Waals surface area contributed by atoms with Crippen molar-refractivity contribution in [3.63, 3.8) is 0 Å². The van der Waals surface area contributed by atoms with Crippen LogP contribution in [-0.4, -0.2) is 50.1 Å². The molecule has 11 heteroatoms. The highest BCUT2D eigenvalue weighted by Gasteiger charge is 2.24. The van der Waals surface area contributed by atoms with E-state index in [4.69, 9.17) is 23.9 Å². The number of ether oxygens (including phenoxy) is 4. The van der Waals surface area contributed by atoms with Gasteiger partial charge in [0, 0.05) is 55.7 Å². The van der Waals surface area contributed by atoms with E-state index in [9.17, 15) is 4.79 Å². The van der Waals surface area contributed by atoms with Crippen molar-refractivity contribution in [1.82, 2.24) is 4.98 Å². The predicted molar refractivity (Wildman–Crippen MR) is 204 cm³/mol. The summed E-state index contributed by atoms with van der Waals surface area (Å²) in [6.45, 7) is 8.92. The molecule has 1 aromatic heterocycles. The average molecular weight is 721 g/mol. The van der Waals surface area contributed by atoms with Crippen LogP contribution in [0.1, 0.15) is 26.3 Å². The molecule has 7 rings (SSSR count). The third-order valence-electron chi connectivity index (χ3n) is 8.18. The summed E-state index contributed by atoms with van der Waals surface area (Å²) in [5.74, 6) is 1.39. The Balaban J connectivity index is 1.13. The summed E-state index contributed by atoms with van der Waals surface area (Å²) in [6.07, 6.45) is -0.498. The van der Waals surface area contributed by atoms with Crippen molar-refractivity contribution in [2.45, 2.75) is 52.6 Å². The van der Waals surface area contributed by atoms with Crippen LogP contribution in [0.2, 0.25) is 0 Å². The van der Waals surface area contributed by atoms with Crippen molar-refractivity contribution in [3.05, 3.63) is 103 Å². The molecule has 0 unspecified atom stereocenters. The van der Waals surface area contributed by atoms with Gasteiger partial charge in [0.05, 0.1) is 37.4 Å². The van der Waals surface area contributed by atoms with Crippen LogP contribution in [0, 0.1) is 0 Å². The maximum Gasteiger partial charge on any atom is 0.412 e. The normalized spacial score (nSPS) is 13.8. The fourth-order valence-corrected chi connectivity index (χ4v) is 8.15. The third kappa shape index (κ3) is 8.56. The number of hydrogen-bond acceptors (Lipinski definition) is 10. The van der Waals surface area contributed by atoms with Gasteiger partial charge >= 0.3 is 6.09 Å². The molecule has 2 aliphatic heterocycles. The first-order chi connectivity index (χ1) is 24.7. The van der Waals surface area contributed by atoms with E-state index in [2.05, 4.69) is 58.0 Å². The molecule has 0 aliphatic carbocycles. The molecule has 1 saturated heterocycles. The molecule has 0 atom stereocenters. The lowest BCUT2D eigenvalue weighted by molar-refractivity contribution is 0.0636. The van der Waals surface area contributed by atoms with Crippen LogP contribution in [0.3, 0.4) is 0 Å². The Kier molecular flexibility index (Phi) is 10.3. The number of fused-ring (bicyclic) bond motifs is 2. The molecule has 0 bridgehead atoms. The van der Waals surface area contributed by atoms with Gasteiger partial charge in [-0.05, 0) is 80.9 Å². The second kappa shape index (κ2) is 15.2. The highest BCUT2D eigenvalue weighted by molar-refractivity contribution is 8.05. The number of nitrogens with one attached hydrogen (secondary N) is 2. The summed E-state index contributed by atoms with van der Waals surface area (Å²) in [7, 11) is 1.66. The van der Waals surface area contributed by atoms with Gasteiger partial charge in [0.15, 0.2) is 0 Å². The zero-order valence-electron chi connectivity index (χ0n) is 29.0. The number of benzene rings is 4. The first-order valence-corrected chi connectivity index (χ1v) is 18.4. The second-order valence-corrected chi connectivity index (χ2v) is 15.2. The molecule has 5 aromatic rings. The smallest absolute Gasteiger partial charge is 0.412 e. The number of anilines is 4. The first kappa shape index (κ1) is 34.6. The Hall–Kier alpha value is -4.84. The van der Waals surface area contributed by atoms with Crippen LogP contribution in [0.5, 0.6) is 11.6 Å². The lowest BCUT2D eigenvalue weighted by Crippen LogP contribution is -2.36. The van der Waals surface area contributed by atoms with E-state index in [0.29, 0.717) is 31.4 Å². The van der Waals surface area contributed by atoms with Crippen LogP contribution >= 0.6 is 23.5 Å². The molecule has 51 heavy (non-hydrogen) atoms. The van der Waals surface area contributed by atoms with Crippen LogP contribution in [-0.2, 0) is 16.1 Å². The predicted octanol–water partition coefficient (Wildman–Crippen LogP) is 9.88. The number of morpholine rings is 1. The van der Waals surface area contributed by atoms with Crippen molar-refractivity contribution in [2.75, 3.05) is 48.9 Å². The topological polar surface area (TPSA) is 94.2 Å². The van der Waals surface area contributed by atoms with Crippen molar-refractivity contribution < 1.29 is 23.7 Å². The van der Waals surface area contributed by atoms with Crippen molar-refractivity contribution in [1.29, 1.82) is 0 Å². The largest absolute Gasteiger partial charge is 0.497 e. The van der Waals surface area contributed by atoms with Gasteiger partial charge in [0.25, 0.3) is 0 Å². The van der Waals surface area contributed by atoms with Gasteiger partial charge in [0.1, 0.15) is 18.0 Å². The summed E-state index contributed by atoms with van der Waals surface area (Å²) in [5, 5.41) is 6.36. The number of pyridine rings is 1. The number of para-hydroxylation sites is 2. The Morgan fingerprint density at radius 1 is 0.863 bits per heavy atom. The number of aromatic nitrogens is 1.